The average Bonchev–Trinajstić information content (AvgIpc) is 2.45. The Bertz CT molecular complexity index is 597. The number of carbonyl (C=O) groups excluding carboxylic acids is 1. The van der Waals surface area contributed by atoms with Gasteiger partial charge in [0.25, 0.3) is 0 Å². The lowest BCUT2D eigenvalue weighted by atomic mass is 9.75. The van der Waals surface area contributed by atoms with Gasteiger partial charge in [-0.1, -0.05) is 26.0 Å². The molecular formula is C18H21FO2. The van der Waals surface area contributed by atoms with Gasteiger partial charge >= 0.3 is 0 Å². The molecule has 1 aliphatic carbocycles. The molecule has 0 N–H and O–H groups in total. The minimum Gasteiger partial charge on any atom is -0.493 e. The number of halogens is 1. The fourth-order valence-corrected chi connectivity index (χ4v) is 2.73. The van der Waals surface area contributed by atoms with Crippen LogP contribution in [-0.2, 0) is 10.2 Å². The second kappa shape index (κ2) is 6.25. The SMILES string of the molecule is CCOc1cc2c(cc1/C(=C\C=O)CF)C=CCC2(C)C. The Morgan fingerprint density at radius 2 is 2.19 bits per heavy atom. The van der Waals surface area contributed by atoms with Crippen LogP contribution in [0, 0.1) is 0 Å². The van der Waals surface area contributed by atoms with Crippen molar-refractivity contribution in [3.05, 3.63) is 41.0 Å². The summed E-state index contributed by atoms with van der Waals surface area (Å²) in [6.45, 7) is 6.07. The highest BCUT2D eigenvalue weighted by molar-refractivity contribution is 5.85. The van der Waals surface area contributed by atoms with Gasteiger partial charge in [-0.15, -0.1) is 0 Å². The second-order valence-corrected chi connectivity index (χ2v) is 5.82. The van der Waals surface area contributed by atoms with Crippen molar-refractivity contribution in [3.8, 4) is 5.75 Å². The van der Waals surface area contributed by atoms with E-state index in [1.54, 1.807) is 0 Å². The van der Waals surface area contributed by atoms with E-state index in [0.717, 1.165) is 12.0 Å². The number of alkyl halides is 1. The molecule has 0 aromatic heterocycles. The highest BCUT2D eigenvalue weighted by Gasteiger charge is 2.26. The lowest BCUT2D eigenvalue weighted by Crippen LogP contribution is -2.20. The molecule has 0 unspecified atom stereocenters. The molecule has 2 nitrogen and oxygen atoms in total. The lowest BCUT2D eigenvalue weighted by Gasteiger charge is -2.30. The number of fused-ring (bicyclic) bond motifs is 1. The van der Waals surface area contributed by atoms with Crippen LogP contribution in [0.15, 0.2) is 24.3 Å². The van der Waals surface area contributed by atoms with Crippen LogP contribution in [0.2, 0.25) is 0 Å². The molecule has 0 spiro atoms. The van der Waals surface area contributed by atoms with E-state index in [4.69, 9.17) is 4.74 Å². The van der Waals surface area contributed by atoms with Gasteiger partial charge in [0.15, 0.2) is 0 Å². The number of allylic oxidation sites excluding steroid dienone is 3. The lowest BCUT2D eigenvalue weighted by molar-refractivity contribution is -0.104. The smallest absolute Gasteiger partial charge is 0.143 e. The van der Waals surface area contributed by atoms with Gasteiger partial charge in [-0.2, -0.15) is 0 Å². The van der Waals surface area contributed by atoms with Crippen molar-refractivity contribution in [2.75, 3.05) is 13.3 Å². The zero-order valence-electron chi connectivity index (χ0n) is 12.8. The molecule has 1 aliphatic rings. The highest BCUT2D eigenvalue weighted by atomic mass is 19.1. The number of rotatable bonds is 5. The largest absolute Gasteiger partial charge is 0.493 e. The van der Waals surface area contributed by atoms with E-state index < -0.39 is 6.67 Å². The third-order valence-corrected chi connectivity index (χ3v) is 3.87. The average molecular weight is 288 g/mol. The first-order valence-electron chi connectivity index (χ1n) is 7.22. The maximum atomic E-state index is 13.2. The summed E-state index contributed by atoms with van der Waals surface area (Å²) in [5, 5.41) is 0. The van der Waals surface area contributed by atoms with Gasteiger partial charge in [0.05, 0.1) is 6.61 Å². The zero-order valence-corrected chi connectivity index (χ0v) is 12.8. The normalized spacial score (nSPS) is 16.5. The first-order chi connectivity index (χ1) is 10.0. The van der Waals surface area contributed by atoms with Crippen LogP contribution in [0.25, 0.3) is 11.6 Å². The molecule has 1 aromatic rings. The Labute approximate surface area is 125 Å². The van der Waals surface area contributed by atoms with Crippen molar-refractivity contribution in [1.29, 1.82) is 0 Å². The minimum absolute atomic E-state index is 0.0265. The van der Waals surface area contributed by atoms with Gasteiger partial charge in [0.1, 0.15) is 18.7 Å². The Kier molecular flexibility index (Phi) is 4.61. The van der Waals surface area contributed by atoms with E-state index in [0.29, 0.717) is 29.8 Å². The molecule has 1 aromatic carbocycles. The van der Waals surface area contributed by atoms with Gasteiger partial charge in [0, 0.05) is 5.56 Å². The molecule has 21 heavy (non-hydrogen) atoms. The van der Waals surface area contributed by atoms with E-state index in [1.807, 2.05) is 19.1 Å². The van der Waals surface area contributed by atoms with E-state index in [2.05, 4.69) is 26.0 Å². The van der Waals surface area contributed by atoms with Gasteiger partial charge in [0.2, 0.25) is 0 Å². The monoisotopic (exact) mass is 288 g/mol. The molecule has 0 atom stereocenters. The molecule has 0 radical (unpaired) electrons. The maximum absolute atomic E-state index is 13.2. The summed E-state index contributed by atoms with van der Waals surface area (Å²) in [4.78, 5) is 10.7. The van der Waals surface area contributed by atoms with Gasteiger partial charge < -0.3 is 4.74 Å². The highest BCUT2D eigenvalue weighted by Crippen LogP contribution is 2.40. The molecule has 0 aliphatic heterocycles. The summed E-state index contributed by atoms with van der Waals surface area (Å²) in [5.74, 6) is 0.644. The van der Waals surface area contributed by atoms with Gasteiger partial charge in [-0.25, -0.2) is 4.39 Å². The van der Waals surface area contributed by atoms with Crippen molar-refractivity contribution < 1.29 is 13.9 Å². The Hall–Kier alpha value is -1.90. The van der Waals surface area contributed by atoms with E-state index in [1.165, 1.54) is 11.6 Å². The predicted octanol–water partition coefficient (Wildman–Crippen LogP) is 4.33. The molecule has 2 rings (SSSR count). The quantitative estimate of drug-likeness (QED) is 0.595. The summed E-state index contributed by atoms with van der Waals surface area (Å²) in [7, 11) is 0. The number of benzene rings is 1. The Balaban J connectivity index is 2.64. The Morgan fingerprint density at radius 3 is 2.81 bits per heavy atom. The zero-order chi connectivity index (χ0) is 15.5. The summed E-state index contributed by atoms with van der Waals surface area (Å²) in [5.41, 5.74) is 3.30. The van der Waals surface area contributed by atoms with Crippen molar-refractivity contribution in [3.63, 3.8) is 0 Å². The van der Waals surface area contributed by atoms with Crippen LogP contribution in [0.4, 0.5) is 4.39 Å². The van der Waals surface area contributed by atoms with Crippen molar-refractivity contribution >= 4 is 17.9 Å². The summed E-state index contributed by atoms with van der Waals surface area (Å²) in [6.07, 6.45) is 7.03. The molecule has 3 heteroatoms. The summed E-state index contributed by atoms with van der Waals surface area (Å²) < 4.78 is 18.9. The third-order valence-electron chi connectivity index (χ3n) is 3.87. The molecule has 0 heterocycles. The minimum atomic E-state index is -0.690. The fourth-order valence-electron chi connectivity index (χ4n) is 2.73. The number of aldehydes is 1. The van der Waals surface area contributed by atoms with Crippen molar-refractivity contribution in [2.45, 2.75) is 32.6 Å². The van der Waals surface area contributed by atoms with E-state index in [-0.39, 0.29) is 5.41 Å². The number of hydrogen-bond donors (Lipinski definition) is 0. The summed E-state index contributed by atoms with van der Waals surface area (Å²) >= 11 is 0. The van der Waals surface area contributed by atoms with Crippen LogP contribution in [0.5, 0.6) is 5.75 Å². The van der Waals surface area contributed by atoms with Gasteiger partial charge in [-0.3, -0.25) is 4.79 Å². The van der Waals surface area contributed by atoms with Gasteiger partial charge in [-0.05, 0) is 53.7 Å². The van der Waals surface area contributed by atoms with Crippen LogP contribution in [0.1, 0.15) is 43.9 Å². The van der Waals surface area contributed by atoms with Crippen LogP contribution < -0.4 is 4.74 Å². The first kappa shape index (κ1) is 15.5. The van der Waals surface area contributed by atoms with E-state index in [9.17, 15) is 9.18 Å². The molecule has 0 saturated carbocycles. The second-order valence-electron chi connectivity index (χ2n) is 5.82. The number of hydrogen-bond acceptors (Lipinski definition) is 2. The number of carbonyl (C=O) groups is 1. The van der Waals surface area contributed by atoms with Crippen LogP contribution in [0.3, 0.4) is 0 Å². The Morgan fingerprint density at radius 1 is 1.43 bits per heavy atom. The maximum Gasteiger partial charge on any atom is 0.143 e. The molecular weight excluding hydrogens is 267 g/mol. The summed E-state index contributed by atoms with van der Waals surface area (Å²) in [6, 6.07) is 3.92. The molecule has 0 saturated heterocycles. The topological polar surface area (TPSA) is 26.3 Å². The molecule has 0 bridgehead atoms. The van der Waals surface area contributed by atoms with Crippen molar-refractivity contribution in [1.82, 2.24) is 0 Å². The predicted molar refractivity (Wildman–Crippen MR) is 84.3 cm³/mol. The van der Waals surface area contributed by atoms with E-state index >= 15 is 0 Å². The number of ether oxygens (including phenoxy) is 1. The fraction of sp³-hybridized carbons (Fsp3) is 0.389. The van der Waals surface area contributed by atoms with Crippen molar-refractivity contribution in [2.24, 2.45) is 0 Å². The molecule has 0 fully saturated rings. The molecule has 112 valence electrons. The standard InChI is InChI=1S/C18H21FO2/c1-4-21-17-11-16-13(6-5-8-18(16,2)3)10-15(17)14(12-19)7-9-20/h5-7,9-11H,4,8,12H2,1-3H3/b14-7-. The van der Waals surface area contributed by atoms with Crippen LogP contribution in [-0.4, -0.2) is 19.6 Å². The third kappa shape index (κ3) is 3.07. The molecule has 0 amide bonds. The van der Waals surface area contributed by atoms with Crippen LogP contribution >= 0.6 is 0 Å². The first-order valence-corrected chi connectivity index (χ1v) is 7.22.